The summed E-state index contributed by atoms with van der Waals surface area (Å²) in [5.74, 6) is -0.144. The predicted octanol–water partition coefficient (Wildman–Crippen LogP) is 5.19. The number of allylic oxidation sites excluding steroid dienone is 1. The number of carbonyl (C=O) groups excluding carboxylic acids is 3. The number of hydrogen-bond acceptors (Lipinski definition) is 7. The number of methoxy groups -OCH3 is 3. The average molecular weight is 579 g/mol. The number of hydrogen-bond donors (Lipinski definition) is 1. The van der Waals surface area contributed by atoms with E-state index in [1.54, 1.807) is 14.2 Å². The maximum Gasteiger partial charge on any atom is 0.407 e. The van der Waals surface area contributed by atoms with Crippen LogP contribution in [-0.4, -0.2) is 69.4 Å². The van der Waals surface area contributed by atoms with E-state index in [-0.39, 0.29) is 30.9 Å². The Hall–Kier alpha value is -3.59. The fraction of sp³-hybridized carbons (Fsp3) is 0.545. The molecule has 1 saturated carbocycles. The first kappa shape index (κ1) is 29.9. The molecule has 0 unspecified atom stereocenters. The number of nitrogens with one attached hydrogen (secondary N) is 1. The number of benzene rings is 2. The Morgan fingerprint density at radius 2 is 1.81 bits per heavy atom. The number of cyclic esters (lactones) is 1. The molecule has 0 radical (unpaired) electrons. The number of rotatable bonds is 3. The van der Waals surface area contributed by atoms with Crippen molar-refractivity contribution in [3.8, 4) is 5.75 Å². The van der Waals surface area contributed by atoms with Gasteiger partial charge >= 0.3 is 12.1 Å². The van der Waals surface area contributed by atoms with E-state index in [0.717, 1.165) is 53.3 Å². The van der Waals surface area contributed by atoms with Crippen LogP contribution in [0.25, 0.3) is 16.8 Å². The Balaban J connectivity index is 1.62. The van der Waals surface area contributed by atoms with Gasteiger partial charge in [-0.1, -0.05) is 45.1 Å². The molecule has 226 valence electrons. The van der Waals surface area contributed by atoms with Crippen LogP contribution in [0.2, 0.25) is 0 Å². The molecule has 5 bridgehead atoms. The van der Waals surface area contributed by atoms with Crippen molar-refractivity contribution in [1.29, 1.82) is 0 Å². The van der Waals surface area contributed by atoms with Gasteiger partial charge in [-0.15, -0.1) is 0 Å². The lowest BCUT2D eigenvalue weighted by Crippen LogP contribution is -2.57. The molecule has 3 atom stereocenters. The van der Waals surface area contributed by atoms with Crippen LogP contribution in [0.1, 0.15) is 64.0 Å². The highest BCUT2D eigenvalue weighted by atomic mass is 16.5. The minimum absolute atomic E-state index is 0.111. The maximum absolute atomic E-state index is 14.2. The lowest BCUT2D eigenvalue weighted by atomic mass is 9.85. The van der Waals surface area contributed by atoms with Gasteiger partial charge in [-0.25, -0.2) is 9.59 Å². The molecule has 2 amide bonds. The van der Waals surface area contributed by atoms with Crippen molar-refractivity contribution < 1.29 is 33.3 Å². The second kappa shape index (κ2) is 11.2. The maximum atomic E-state index is 14.2. The molecule has 9 heteroatoms. The quantitative estimate of drug-likeness (QED) is 0.500. The van der Waals surface area contributed by atoms with Crippen molar-refractivity contribution in [3.05, 3.63) is 47.5 Å². The number of ether oxygens (including phenoxy) is 4. The first-order valence-corrected chi connectivity index (χ1v) is 14.6. The molecular weight excluding hydrogens is 536 g/mol. The van der Waals surface area contributed by atoms with E-state index in [4.69, 9.17) is 18.9 Å². The number of fused-ring (bicyclic) bond motifs is 5. The number of nitrogens with zero attached hydrogens (tertiary/aromatic N) is 1. The van der Waals surface area contributed by atoms with Gasteiger partial charge in [0.05, 0.1) is 27.4 Å². The monoisotopic (exact) mass is 578 g/mol. The zero-order chi connectivity index (χ0) is 30.3. The highest BCUT2D eigenvalue weighted by molar-refractivity contribution is 5.92. The fourth-order valence-corrected chi connectivity index (χ4v) is 6.31. The van der Waals surface area contributed by atoms with Crippen molar-refractivity contribution in [2.75, 3.05) is 34.5 Å². The molecule has 9 nitrogen and oxygen atoms in total. The Morgan fingerprint density at radius 3 is 2.45 bits per heavy atom. The van der Waals surface area contributed by atoms with Crippen LogP contribution < -0.4 is 10.1 Å². The normalized spacial score (nSPS) is 26.8. The third kappa shape index (κ3) is 5.71. The van der Waals surface area contributed by atoms with Crippen molar-refractivity contribution in [2.45, 2.75) is 70.6 Å². The van der Waals surface area contributed by atoms with E-state index in [1.165, 1.54) is 12.0 Å². The highest BCUT2D eigenvalue weighted by Gasteiger charge is 2.53. The van der Waals surface area contributed by atoms with Crippen LogP contribution in [-0.2, 0) is 29.4 Å². The molecule has 1 saturated heterocycles. The van der Waals surface area contributed by atoms with E-state index in [2.05, 4.69) is 29.6 Å². The van der Waals surface area contributed by atoms with Gasteiger partial charge in [0.1, 0.15) is 23.4 Å². The van der Waals surface area contributed by atoms with Crippen LogP contribution >= 0.6 is 0 Å². The Morgan fingerprint density at radius 1 is 1.05 bits per heavy atom. The Bertz CT molecular complexity index is 1410. The number of alkyl carbamates (subject to hydrolysis) is 1. The second-order valence-corrected chi connectivity index (χ2v) is 13.0. The largest absolute Gasteiger partial charge is 0.496 e. The van der Waals surface area contributed by atoms with Gasteiger partial charge in [0.15, 0.2) is 0 Å². The van der Waals surface area contributed by atoms with Crippen molar-refractivity contribution >= 4 is 34.8 Å². The van der Waals surface area contributed by atoms with Crippen LogP contribution in [0.4, 0.5) is 4.79 Å². The summed E-state index contributed by atoms with van der Waals surface area (Å²) in [6.45, 7) is 5.99. The lowest BCUT2D eigenvalue weighted by Gasteiger charge is -2.35. The Kier molecular flexibility index (Phi) is 8.00. The predicted molar refractivity (Wildman–Crippen MR) is 159 cm³/mol. The SMILES string of the molecule is COC(=O)[C@@H]1C[C@]2(OC)CN1C(=O)[C@H](C(C)(C)C)NC(=O)OCCC1(C/C=C/c3cc4cc2ccc4cc3OC)CC1. The van der Waals surface area contributed by atoms with Crippen molar-refractivity contribution in [3.63, 3.8) is 0 Å². The van der Waals surface area contributed by atoms with E-state index in [9.17, 15) is 14.4 Å². The molecule has 1 aliphatic carbocycles. The molecule has 1 N–H and O–H groups in total. The van der Waals surface area contributed by atoms with Crippen LogP contribution in [0.15, 0.2) is 36.4 Å². The van der Waals surface area contributed by atoms with E-state index in [1.807, 2.05) is 39.0 Å². The zero-order valence-electron chi connectivity index (χ0n) is 25.5. The van der Waals surface area contributed by atoms with Crippen molar-refractivity contribution in [1.82, 2.24) is 10.2 Å². The molecule has 2 aliphatic heterocycles. The van der Waals surface area contributed by atoms with Gasteiger partial charge in [-0.3, -0.25) is 4.79 Å². The topological polar surface area (TPSA) is 103 Å². The highest BCUT2D eigenvalue weighted by Crippen LogP contribution is 2.52. The molecule has 2 heterocycles. The summed E-state index contributed by atoms with van der Waals surface area (Å²) in [7, 11) is 4.57. The van der Waals surface area contributed by atoms with Gasteiger partial charge in [0.2, 0.25) is 5.91 Å². The third-order valence-electron chi connectivity index (χ3n) is 9.23. The molecule has 2 aromatic rings. The average Bonchev–Trinajstić information content (AvgIpc) is 3.61. The summed E-state index contributed by atoms with van der Waals surface area (Å²) in [6.07, 6.45) is 7.60. The summed E-state index contributed by atoms with van der Waals surface area (Å²) in [5.41, 5.74) is 0.287. The molecule has 3 aliphatic rings. The summed E-state index contributed by atoms with van der Waals surface area (Å²) >= 11 is 0. The minimum Gasteiger partial charge on any atom is -0.496 e. The fourth-order valence-electron chi connectivity index (χ4n) is 6.31. The van der Waals surface area contributed by atoms with Gasteiger partial charge in [0, 0.05) is 19.1 Å². The third-order valence-corrected chi connectivity index (χ3v) is 9.23. The van der Waals surface area contributed by atoms with Gasteiger partial charge in [-0.2, -0.15) is 0 Å². The number of carbonyl (C=O) groups is 3. The number of amides is 2. The minimum atomic E-state index is -0.969. The van der Waals surface area contributed by atoms with Crippen LogP contribution in [0.5, 0.6) is 5.75 Å². The number of esters is 1. The molecule has 1 spiro atoms. The van der Waals surface area contributed by atoms with E-state index >= 15 is 0 Å². The molecular formula is C33H42N2O7. The second-order valence-electron chi connectivity index (χ2n) is 13.0. The van der Waals surface area contributed by atoms with Crippen LogP contribution in [0.3, 0.4) is 0 Å². The molecule has 42 heavy (non-hydrogen) atoms. The zero-order valence-corrected chi connectivity index (χ0v) is 25.5. The van der Waals surface area contributed by atoms with Gasteiger partial charge in [0.25, 0.3) is 0 Å². The lowest BCUT2D eigenvalue weighted by molar-refractivity contribution is -0.152. The molecule has 2 aromatic carbocycles. The summed E-state index contributed by atoms with van der Waals surface area (Å²) in [5, 5.41) is 4.81. The standard InChI is InChI=1S/C33H42N2O7/c1-31(2,3)27-28(36)35-20-33(41-6,19-25(35)29(37)40-5)24-10-9-21-18-26(39-4)22(16-23(21)17-24)8-7-11-32(12-13-32)14-15-42-30(38)34-27/h7-10,16-18,25,27H,11-15,19-20H2,1-6H3,(H,34,38)/b8-7+/t25-,27+,33-/m0/s1. The van der Waals surface area contributed by atoms with E-state index < -0.39 is 35.2 Å². The first-order chi connectivity index (χ1) is 19.9. The molecule has 0 aromatic heterocycles. The van der Waals surface area contributed by atoms with Gasteiger partial charge < -0.3 is 29.2 Å². The Labute approximate surface area is 247 Å². The van der Waals surface area contributed by atoms with Gasteiger partial charge in [-0.05, 0) is 71.0 Å². The molecule has 5 rings (SSSR count). The summed E-state index contributed by atoms with van der Waals surface area (Å²) in [6, 6.07) is 8.34. The van der Waals surface area contributed by atoms with E-state index in [0.29, 0.717) is 0 Å². The summed E-state index contributed by atoms with van der Waals surface area (Å²) < 4.78 is 22.6. The van der Waals surface area contributed by atoms with Crippen LogP contribution in [0, 0.1) is 10.8 Å². The first-order valence-electron chi connectivity index (χ1n) is 14.6. The van der Waals surface area contributed by atoms with Crippen molar-refractivity contribution in [2.24, 2.45) is 10.8 Å². The molecule has 2 fully saturated rings. The summed E-state index contributed by atoms with van der Waals surface area (Å²) in [4.78, 5) is 41.7. The smallest absolute Gasteiger partial charge is 0.407 e.